The first-order valence-electron chi connectivity index (χ1n) is 5.65. The number of piperidine rings is 1. The van der Waals surface area contributed by atoms with Crippen LogP contribution >= 0.6 is 15.9 Å². The quantitative estimate of drug-likeness (QED) is 0.574. The Morgan fingerprint density at radius 2 is 2.29 bits per heavy atom. The predicted octanol–water partition coefficient (Wildman–Crippen LogP) is 1.69. The highest BCUT2D eigenvalue weighted by Gasteiger charge is 2.20. The minimum Gasteiger partial charge on any atom is -0.391 e. The molecule has 1 aromatic rings. The van der Waals surface area contributed by atoms with Gasteiger partial charge in [0.15, 0.2) is 0 Å². The van der Waals surface area contributed by atoms with Gasteiger partial charge in [0, 0.05) is 28.8 Å². The van der Waals surface area contributed by atoms with Gasteiger partial charge in [0.2, 0.25) is 0 Å². The Morgan fingerprint density at radius 3 is 2.94 bits per heavy atom. The number of amidine groups is 1. The number of hydrogen-bond donors (Lipinski definition) is 3. The van der Waals surface area contributed by atoms with Crippen molar-refractivity contribution in [2.75, 3.05) is 18.0 Å². The average Bonchev–Trinajstić information content (AvgIpc) is 2.28. The summed E-state index contributed by atoms with van der Waals surface area (Å²) in [6.07, 6.45) is 1.52. The summed E-state index contributed by atoms with van der Waals surface area (Å²) in [5.41, 5.74) is 7.23. The van der Waals surface area contributed by atoms with Gasteiger partial charge in [0.1, 0.15) is 5.84 Å². The van der Waals surface area contributed by atoms with Crippen molar-refractivity contribution < 1.29 is 5.11 Å². The van der Waals surface area contributed by atoms with Crippen molar-refractivity contribution >= 4 is 27.5 Å². The third-order valence-electron chi connectivity index (χ3n) is 2.99. The Bertz CT molecular complexity index is 436. The molecule has 1 heterocycles. The molecular weight excluding hydrogens is 282 g/mol. The lowest BCUT2D eigenvalue weighted by Crippen LogP contribution is -2.39. The summed E-state index contributed by atoms with van der Waals surface area (Å²) in [6, 6.07) is 5.66. The summed E-state index contributed by atoms with van der Waals surface area (Å²) >= 11 is 3.43. The summed E-state index contributed by atoms with van der Waals surface area (Å²) in [6.45, 7) is 1.50. The molecule has 17 heavy (non-hydrogen) atoms. The van der Waals surface area contributed by atoms with E-state index in [9.17, 15) is 5.11 Å². The van der Waals surface area contributed by atoms with Gasteiger partial charge >= 0.3 is 0 Å². The zero-order chi connectivity index (χ0) is 12.4. The molecule has 1 unspecified atom stereocenters. The van der Waals surface area contributed by atoms with Gasteiger partial charge in [-0.05, 0) is 31.0 Å². The summed E-state index contributed by atoms with van der Waals surface area (Å²) in [7, 11) is 0. The van der Waals surface area contributed by atoms with Gasteiger partial charge in [-0.2, -0.15) is 0 Å². The molecule has 0 amide bonds. The highest BCUT2D eigenvalue weighted by atomic mass is 79.9. The number of aliphatic hydroxyl groups is 1. The molecule has 0 saturated carbocycles. The van der Waals surface area contributed by atoms with Crippen LogP contribution in [-0.2, 0) is 0 Å². The fourth-order valence-electron chi connectivity index (χ4n) is 2.17. The monoisotopic (exact) mass is 297 g/mol. The van der Waals surface area contributed by atoms with Crippen LogP contribution in [0.4, 0.5) is 5.69 Å². The second kappa shape index (κ2) is 5.06. The Labute approximate surface area is 109 Å². The Balaban J connectivity index is 2.35. The number of halogens is 1. The zero-order valence-corrected chi connectivity index (χ0v) is 11.1. The maximum atomic E-state index is 9.70. The molecule has 1 fully saturated rings. The van der Waals surface area contributed by atoms with Crippen molar-refractivity contribution in [1.82, 2.24) is 0 Å². The average molecular weight is 298 g/mol. The van der Waals surface area contributed by atoms with E-state index in [1.54, 1.807) is 0 Å². The van der Waals surface area contributed by atoms with E-state index < -0.39 is 0 Å². The van der Waals surface area contributed by atoms with Crippen molar-refractivity contribution in [2.45, 2.75) is 18.9 Å². The number of hydrogen-bond acceptors (Lipinski definition) is 3. The van der Waals surface area contributed by atoms with Gasteiger partial charge in [-0.3, -0.25) is 5.41 Å². The molecule has 5 heteroatoms. The number of nitrogens with one attached hydrogen (secondary N) is 1. The molecular formula is C12H16BrN3O. The summed E-state index contributed by atoms with van der Waals surface area (Å²) < 4.78 is 0.956. The van der Waals surface area contributed by atoms with Gasteiger partial charge in [-0.1, -0.05) is 15.9 Å². The molecule has 0 spiro atoms. The van der Waals surface area contributed by atoms with Gasteiger partial charge in [-0.25, -0.2) is 0 Å². The first-order chi connectivity index (χ1) is 8.08. The maximum absolute atomic E-state index is 9.70. The molecule has 1 atom stereocenters. The van der Waals surface area contributed by atoms with Crippen LogP contribution in [0.1, 0.15) is 18.4 Å². The molecule has 1 aliphatic rings. The molecule has 1 saturated heterocycles. The van der Waals surface area contributed by atoms with Gasteiger partial charge in [-0.15, -0.1) is 0 Å². The molecule has 0 aromatic heterocycles. The first-order valence-corrected chi connectivity index (χ1v) is 6.44. The second-order valence-electron chi connectivity index (χ2n) is 4.32. The van der Waals surface area contributed by atoms with Crippen LogP contribution in [0.3, 0.4) is 0 Å². The molecule has 92 valence electrons. The van der Waals surface area contributed by atoms with Gasteiger partial charge in [0.05, 0.1) is 6.10 Å². The van der Waals surface area contributed by atoms with Crippen LogP contribution in [0.5, 0.6) is 0 Å². The van der Waals surface area contributed by atoms with Gasteiger partial charge < -0.3 is 15.7 Å². The van der Waals surface area contributed by atoms with Crippen LogP contribution in [0.2, 0.25) is 0 Å². The molecule has 1 aliphatic heterocycles. The van der Waals surface area contributed by atoms with Crippen molar-refractivity contribution in [3.05, 3.63) is 28.2 Å². The van der Waals surface area contributed by atoms with Crippen LogP contribution in [0.25, 0.3) is 0 Å². The van der Waals surface area contributed by atoms with Crippen LogP contribution < -0.4 is 10.6 Å². The molecule has 1 aromatic carbocycles. The largest absolute Gasteiger partial charge is 0.391 e. The van der Waals surface area contributed by atoms with E-state index in [-0.39, 0.29) is 11.9 Å². The van der Waals surface area contributed by atoms with Crippen LogP contribution in [0, 0.1) is 5.41 Å². The molecule has 4 N–H and O–H groups in total. The smallest absolute Gasteiger partial charge is 0.124 e. The molecule has 4 nitrogen and oxygen atoms in total. The van der Waals surface area contributed by atoms with Gasteiger partial charge in [0.25, 0.3) is 0 Å². The lowest BCUT2D eigenvalue weighted by atomic mass is 10.0. The fourth-order valence-corrected chi connectivity index (χ4v) is 2.52. The van der Waals surface area contributed by atoms with Crippen molar-refractivity contribution in [3.63, 3.8) is 0 Å². The number of nitrogen functional groups attached to an aromatic ring is 1. The summed E-state index contributed by atoms with van der Waals surface area (Å²) in [5, 5.41) is 17.3. The number of benzene rings is 1. The number of nitrogens with two attached hydrogens (primary N) is 1. The Kier molecular flexibility index (Phi) is 3.69. The van der Waals surface area contributed by atoms with Crippen LogP contribution in [0.15, 0.2) is 22.7 Å². The highest BCUT2D eigenvalue weighted by molar-refractivity contribution is 9.10. The highest BCUT2D eigenvalue weighted by Crippen LogP contribution is 2.27. The topological polar surface area (TPSA) is 73.3 Å². The van der Waals surface area contributed by atoms with E-state index in [0.29, 0.717) is 6.54 Å². The number of anilines is 1. The Hall–Kier alpha value is -1.07. The van der Waals surface area contributed by atoms with E-state index >= 15 is 0 Å². The maximum Gasteiger partial charge on any atom is 0.124 e. The van der Waals surface area contributed by atoms with E-state index in [2.05, 4.69) is 20.8 Å². The lowest BCUT2D eigenvalue weighted by molar-refractivity contribution is 0.154. The molecule has 0 aliphatic carbocycles. The van der Waals surface area contributed by atoms with Crippen molar-refractivity contribution in [3.8, 4) is 0 Å². The number of β-amino-alcohol motifs (C(OH)–C–C–N with tert-alkyl or cyclic N) is 1. The first kappa shape index (κ1) is 12.4. The number of aliphatic hydroxyl groups excluding tert-OH is 1. The zero-order valence-electron chi connectivity index (χ0n) is 9.49. The third kappa shape index (κ3) is 2.79. The third-order valence-corrected chi connectivity index (χ3v) is 3.48. The molecule has 0 radical (unpaired) electrons. The molecule has 2 rings (SSSR count). The lowest BCUT2D eigenvalue weighted by Gasteiger charge is -2.33. The SMILES string of the molecule is N=C(N)c1ccc(Br)cc1N1CCCC(O)C1. The summed E-state index contributed by atoms with van der Waals surface area (Å²) in [5.74, 6) is 0.0626. The minimum atomic E-state index is -0.289. The number of nitrogens with zero attached hydrogens (tertiary/aromatic N) is 1. The standard InChI is InChI=1S/C12H16BrN3O/c13-8-3-4-10(12(14)15)11(6-8)16-5-1-2-9(17)7-16/h3-4,6,9,17H,1-2,5,7H2,(H3,14,15). The van der Waals surface area contributed by atoms with Crippen molar-refractivity contribution in [1.29, 1.82) is 5.41 Å². The second-order valence-corrected chi connectivity index (χ2v) is 5.23. The van der Waals surface area contributed by atoms with Crippen molar-refractivity contribution in [2.24, 2.45) is 5.73 Å². The van der Waals surface area contributed by atoms with E-state index in [1.165, 1.54) is 0 Å². The fraction of sp³-hybridized carbons (Fsp3) is 0.417. The molecule has 0 bridgehead atoms. The summed E-state index contributed by atoms with van der Waals surface area (Å²) in [4.78, 5) is 2.09. The predicted molar refractivity (Wildman–Crippen MR) is 72.6 cm³/mol. The van der Waals surface area contributed by atoms with E-state index in [0.717, 1.165) is 35.1 Å². The minimum absolute atomic E-state index is 0.0626. The normalized spacial score (nSPS) is 20.4. The Morgan fingerprint density at radius 1 is 1.53 bits per heavy atom. The van der Waals surface area contributed by atoms with E-state index in [4.69, 9.17) is 11.1 Å². The van der Waals surface area contributed by atoms with Crippen LogP contribution in [-0.4, -0.2) is 30.1 Å². The number of rotatable bonds is 2. The van der Waals surface area contributed by atoms with E-state index in [1.807, 2.05) is 18.2 Å².